The van der Waals surface area contributed by atoms with Gasteiger partial charge in [0.1, 0.15) is 0 Å². The molecular weight excluding hydrogens is 428 g/mol. The zero-order chi connectivity index (χ0) is 21.8. The van der Waals surface area contributed by atoms with Crippen LogP contribution in [0.1, 0.15) is 31.7 Å². The summed E-state index contributed by atoms with van der Waals surface area (Å²) in [7, 11) is -3.84. The molecule has 2 fully saturated rings. The topological polar surface area (TPSA) is 100 Å². The number of aliphatic hydroxyl groups is 1. The summed E-state index contributed by atoms with van der Waals surface area (Å²) in [5, 5.41) is 17.6. The molecule has 2 aliphatic rings. The van der Waals surface area contributed by atoms with Gasteiger partial charge in [0.25, 0.3) is 10.0 Å². The molecule has 31 heavy (non-hydrogen) atoms. The number of nitrogens with zero attached hydrogens (tertiary/aromatic N) is 4. The summed E-state index contributed by atoms with van der Waals surface area (Å²) >= 11 is 0. The summed E-state index contributed by atoms with van der Waals surface area (Å²) in [6, 6.07) is 5.09. The summed E-state index contributed by atoms with van der Waals surface area (Å²) in [6.07, 6.45) is 3.66. The fraction of sp³-hybridized carbons (Fsp3) is 0.400. The van der Waals surface area contributed by atoms with E-state index < -0.39 is 27.8 Å². The Kier molecular flexibility index (Phi) is 4.91. The van der Waals surface area contributed by atoms with E-state index in [0.29, 0.717) is 35.2 Å². The lowest BCUT2D eigenvalue weighted by Crippen LogP contribution is -2.40. The van der Waals surface area contributed by atoms with Crippen LogP contribution in [0, 0.1) is 11.6 Å². The average Bonchev–Trinajstić information content (AvgIpc) is 3.53. The van der Waals surface area contributed by atoms with Gasteiger partial charge in [-0.1, -0.05) is 0 Å². The quantitative estimate of drug-likeness (QED) is 0.621. The number of aliphatic hydroxyl groups excluding tert-OH is 1. The minimum atomic E-state index is -3.84. The number of piperidine rings is 1. The Morgan fingerprint density at radius 3 is 2.48 bits per heavy atom. The molecule has 0 atom stereocenters. The number of nitrogens with one attached hydrogen (secondary N) is 1. The van der Waals surface area contributed by atoms with E-state index in [0.717, 1.165) is 25.0 Å². The first-order valence-electron chi connectivity index (χ1n) is 10.1. The first kappa shape index (κ1) is 20.3. The van der Waals surface area contributed by atoms with E-state index in [2.05, 4.69) is 15.4 Å². The van der Waals surface area contributed by atoms with Crippen molar-refractivity contribution in [1.29, 1.82) is 0 Å². The van der Waals surface area contributed by atoms with Crippen molar-refractivity contribution in [1.82, 2.24) is 19.1 Å². The molecule has 2 aromatic heterocycles. The summed E-state index contributed by atoms with van der Waals surface area (Å²) in [5.74, 6) is -1.60. The lowest BCUT2D eigenvalue weighted by Gasteiger charge is -2.28. The molecular formula is C20H21F2N5O3S. The van der Waals surface area contributed by atoms with E-state index in [1.54, 1.807) is 4.68 Å². The van der Waals surface area contributed by atoms with Crippen LogP contribution in [-0.2, 0) is 10.0 Å². The second-order valence-electron chi connectivity index (χ2n) is 7.95. The molecule has 8 nitrogen and oxygen atoms in total. The van der Waals surface area contributed by atoms with Gasteiger partial charge >= 0.3 is 0 Å². The maximum atomic E-state index is 13.6. The SMILES string of the molecule is O=S(=O)(c1cc2c(Nc3ccc(F)c(F)c3)nn(C3CC3)c2cn1)N1CCC(O)CC1. The van der Waals surface area contributed by atoms with Crippen LogP contribution in [0.15, 0.2) is 35.5 Å². The summed E-state index contributed by atoms with van der Waals surface area (Å²) in [4.78, 5) is 4.20. The molecule has 0 spiro atoms. The van der Waals surface area contributed by atoms with Gasteiger partial charge < -0.3 is 10.4 Å². The highest BCUT2D eigenvalue weighted by Crippen LogP contribution is 2.39. The summed E-state index contributed by atoms with van der Waals surface area (Å²) < 4.78 is 56.2. The maximum absolute atomic E-state index is 13.6. The van der Waals surface area contributed by atoms with E-state index in [1.165, 1.54) is 22.6 Å². The van der Waals surface area contributed by atoms with Gasteiger partial charge in [-0.3, -0.25) is 4.68 Å². The molecule has 0 amide bonds. The molecule has 11 heteroatoms. The number of pyridine rings is 1. The van der Waals surface area contributed by atoms with Crippen molar-refractivity contribution in [3.05, 3.63) is 42.1 Å². The van der Waals surface area contributed by atoms with Gasteiger partial charge in [-0.2, -0.15) is 9.40 Å². The predicted molar refractivity (Wildman–Crippen MR) is 109 cm³/mol. The molecule has 1 saturated carbocycles. The zero-order valence-electron chi connectivity index (χ0n) is 16.5. The molecule has 1 aliphatic heterocycles. The number of sulfonamides is 1. The predicted octanol–water partition coefficient (Wildman–Crippen LogP) is 2.93. The number of halogens is 2. The molecule has 3 heterocycles. The highest BCUT2D eigenvalue weighted by Gasteiger charge is 2.32. The Morgan fingerprint density at radius 2 is 1.81 bits per heavy atom. The van der Waals surface area contributed by atoms with Crippen LogP contribution in [0.25, 0.3) is 10.9 Å². The first-order chi connectivity index (χ1) is 14.8. The number of aromatic nitrogens is 3. The Balaban J connectivity index is 1.55. The Hall–Kier alpha value is -2.63. The van der Waals surface area contributed by atoms with Gasteiger partial charge in [0.15, 0.2) is 22.5 Å². The smallest absolute Gasteiger partial charge is 0.260 e. The molecule has 5 rings (SSSR count). The van der Waals surface area contributed by atoms with Crippen molar-refractivity contribution in [3.63, 3.8) is 0 Å². The molecule has 0 radical (unpaired) electrons. The van der Waals surface area contributed by atoms with Crippen LogP contribution >= 0.6 is 0 Å². The average molecular weight is 449 g/mol. The highest BCUT2D eigenvalue weighted by atomic mass is 32.2. The Morgan fingerprint density at radius 1 is 1.06 bits per heavy atom. The van der Waals surface area contributed by atoms with Crippen LogP contribution in [0.5, 0.6) is 0 Å². The van der Waals surface area contributed by atoms with Gasteiger partial charge in [-0.05, 0) is 43.9 Å². The van der Waals surface area contributed by atoms with Crippen LogP contribution in [0.3, 0.4) is 0 Å². The minimum Gasteiger partial charge on any atom is -0.393 e. The van der Waals surface area contributed by atoms with Crippen molar-refractivity contribution >= 4 is 32.4 Å². The third-order valence-corrected chi connectivity index (χ3v) is 7.47. The van der Waals surface area contributed by atoms with Crippen molar-refractivity contribution in [3.8, 4) is 0 Å². The van der Waals surface area contributed by atoms with E-state index >= 15 is 0 Å². The standard InChI is InChI=1S/C20H21F2N5O3S/c21-16-4-1-12(9-17(16)22)24-20-15-10-19(23-11-18(15)27(25-20)13-2-3-13)31(29,30)26-7-5-14(28)6-8-26/h1,4,9-11,13-14,28H,2-3,5-8H2,(H,24,25). The third kappa shape index (κ3) is 3.77. The largest absolute Gasteiger partial charge is 0.393 e. The van der Waals surface area contributed by atoms with Crippen LogP contribution in [0.4, 0.5) is 20.3 Å². The lowest BCUT2D eigenvalue weighted by molar-refractivity contribution is 0.113. The number of rotatable bonds is 5. The fourth-order valence-corrected chi connectivity index (χ4v) is 5.18. The number of benzene rings is 1. The summed E-state index contributed by atoms with van der Waals surface area (Å²) in [6.45, 7) is 0.453. The van der Waals surface area contributed by atoms with Crippen molar-refractivity contribution in [2.24, 2.45) is 0 Å². The molecule has 164 valence electrons. The van der Waals surface area contributed by atoms with Crippen LogP contribution < -0.4 is 5.32 Å². The number of fused-ring (bicyclic) bond motifs is 1. The van der Waals surface area contributed by atoms with E-state index in [-0.39, 0.29) is 24.2 Å². The van der Waals surface area contributed by atoms with Gasteiger partial charge in [0, 0.05) is 30.2 Å². The van der Waals surface area contributed by atoms with E-state index in [4.69, 9.17) is 0 Å². The van der Waals surface area contributed by atoms with Gasteiger partial charge in [0.2, 0.25) is 0 Å². The normalized spacial score (nSPS) is 18.5. The number of hydrogen-bond donors (Lipinski definition) is 2. The molecule has 2 N–H and O–H groups in total. The van der Waals surface area contributed by atoms with Gasteiger partial charge in [-0.15, -0.1) is 0 Å². The van der Waals surface area contributed by atoms with Crippen LogP contribution in [0.2, 0.25) is 0 Å². The fourth-order valence-electron chi connectivity index (χ4n) is 3.77. The van der Waals surface area contributed by atoms with Crippen molar-refractivity contribution in [2.45, 2.75) is 42.9 Å². The molecule has 1 saturated heterocycles. The Bertz CT molecular complexity index is 1250. The zero-order valence-corrected chi connectivity index (χ0v) is 17.3. The minimum absolute atomic E-state index is 0.111. The van der Waals surface area contributed by atoms with Crippen molar-refractivity contribution < 1.29 is 22.3 Å². The third-order valence-electron chi connectivity index (χ3n) is 5.67. The molecule has 1 aliphatic carbocycles. The lowest BCUT2D eigenvalue weighted by atomic mass is 10.1. The molecule has 3 aromatic rings. The van der Waals surface area contributed by atoms with Gasteiger partial charge in [-0.25, -0.2) is 22.2 Å². The second-order valence-corrected chi connectivity index (χ2v) is 9.84. The molecule has 0 unspecified atom stereocenters. The monoisotopic (exact) mass is 449 g/mol. The van der Waals surface area contributed by atoms with E-state index in [9.17, 15) is 22.3 Å². The van der Waals surface area contributed by atoms with Crippen LogP contribution in [-0.4, -0.2) is 51.8 Å². The maximum Gasteiger partial charge on any atom is 0.260 e. The first-order valence-corrected chi connectivity index (χ1v) is 11.6. The van der Waals surface area contributed by atoms with Crippen molar-refractivity contribution in [2.75, 3.05) is 18.4 Å². The number of hydrogen-bond acceptors (Lipinski definition) is 6. The molecule has 0 bridgehead atoms. The number of anilines is 2. The Labute approximate surface area is 177 Å². The summed E-state index contributed by atoms with van der Waals surface area (Å²) in [5.41, 5.74) is 0.966. The van der Waals surface area contributed by atoms with E-state index in [1.807, 2.05) is 0 Å². The highest BCUT2D eigenvalue weighted by molar-refractivity contribution is 7.89. The molecule has 1 aromatic carbocycles. The van der Waals surface area contributed by atoms with Gasteiger partial charge in [0.05, 0.1) is 23.9 Å². The second kappa shape index (κ2) is 7.50.